The number of piperazine rings is 1. The number of aromatic nitrogens is 2. The fourth-order valence-electron chi connectivity index (χ4n) is 1.87. The van der Waals surface area contributed by atoms with Crippen LogP contribution in [0.5, 0.6) is 0 Å². The molecule has 2 rings (SSSR count). The lowest BCUT2D eigenvalue weighted by atomic mass is 10.1. The molecule has 1 unspecified atom stereocenters. The first kappa shape index (κ1) is 11.2. The summed E-state index contributed by atoms with van der Waals surface area (Å²) in [5, 5.41) is 0. The van der Waals surface area contributed by atoms with Crippen LogP contribution in [-0.2, 0) is 0 Å². The second kappa shape index (κ2) is 4.67. The predicted molar refractivity (Wildman–Crippen MR) is 60.3 cm³/mol. The van der Waals surface area contributed by atoms with Crippen molar-refractivity contribution >= 4 is 6.29 Å². The SMILES string of the molecule is CN1CCN(C)C(c2ncc(C=O)cn2)C1. The van der Waals surface area contributed by atoms with E-state index < -0.39 is 0 Å². The fourth-order valence-corrected chi connectivity index (χ4v) is 1.87. The molecule has 0 radical (unpaired) electrons. The summed E-state index contributed by atoms with van der Waals surface area (Å²) in [4.78, 5) is 23.5. The van der Waals surface area contributed by atoms with E-state index >= 15 is 0 Å². The summed E-state index contributed by atoms with van der Waals surface area (Å²) in [7, 11) is 4.18. The number of likely N-dealkylation sites (N-methyl/N-ethyl adjacent to an activating group) is 2. The maximum Gasteiger partial charge on any atom is 0.153 e. The highest BCUT2D eigenvalue weighted by Gasteiger charge is 2.25. The molecule has 2 heterocycles. The quantitative estimate of drug-likeness (QED) is 0.667. The number of aldehydes is 1. The number of hydrogen-bond acceptors (Lipinski definition) is 5. The molecule has 1 fully saturated rings. The van der Waals surface area contributed by atoms with E-state index in [0.29, 0.717) is 5.56 Å². The average molecular weight is 220 g/mol. The monoisotopic (exact) mass is 220 g/mol. The molecule has 0 spiro atoms. The number of carbonyl (C=O) groups is 1. The van der Waals surface area contributed by atoms with E-state index in [1.807, 2.05) is 0 Å². The van der Waals surface area contributed by atoms with Crippen molar-refractivity contribution in [1.29, 1.82) is 0 Å². The smallest absolute Gasteiger partial charge is 0.153 e. The van der Waals surface area contributed by atoms with Crippen molar-refractivity contribution < 1.29 is 4.79 Å². The Bertz CT molecular complexity index is 365. The molecule has 0 saturated carbocycles. The topological polar surface area (TPSA) is 49.3 Å². The van der Waals surface area contributed by atoms with Crippen LogP contribution in [0.2, 0.25) is 0 Å². The third-order valence-electron chi connectivity index (χ3n) is 2.98. The van der Waals surface area contributed by atoms with Gasteiger partial charge in [0.1, 0.15) is 5.82 Å². The highest BCUT2D eigenvalue weighted by Crippen LogP contribution is 2.19. The standard InChI is InChI=1S/C11H16N4O/c1-14-3-4-15(2)10(7-14)11-12-5-9(8-16)6-13-11/h5-6,8,10H,3-4,7H2,1-2H3. The summed E-state index contributed by atoms with van der Waals surface area (Å²) in [5.74, 6) is 0.791. The van der Waals surface area contributed by atoms with Crippen LogP contribution in [0, 0.1) is 0 Å². The Kier molecular flexibility index (Phi) is 3.26. The van der Waals surface area contributed by atoms with Crippen molar-refractivity contribution in [2.45, 2.75) is 6.04 Å². The lowest BCUT2D eigenvalue weighted by Crippen LogP contribution is -2.45. The molecule has 5 nitrogen and oxygen atoms in total. The van der Waals surface area contributed by atoms with E-state index in [-0.39, 0.29) is 6.04 Å². The molecule has 1 aromatic rings. The van der Waals surface area contributed by atoms with Crippen LogP contribution < -0.4 is 0 Å². The lowest BCUT2D eigenvalue weighted by Gasteiger charge is -2.36. The van der Waals surface area contributed by atoms with Crippen molar-refractivity contribution in [2.75, 3.05) is 33.7 Å². The Morgan fingerprint density at radius 1 is 1.31 bits per heavy atom. The summed E-state index contributed by atoms with van der Waals surface area (Å²) in [6.45, 7) is 3.01. The van der Waals surface area contributed by atoms with Crippen LogP contribution in [0.3, 0.4) is 0 Å². The minimum Gasteiger partial charge on any atom is -0.303 e. The van der Waals surface area contributed by atoms with Gasteiger partial charge in [0, 0.05) is 32.0 Å². The largest absolute Gasteiger partial charge is 0.303 e. The first-order chi connectivity index (χ1) is 7.70. The predicted octanol–water partition coefficient (Wildman–Crippen LogP) is 0.207. The maximum atomic E-state index is 10.5. The van der Waals surface area contributed by atoms with Gasteiger partial charge in [-0.05, 0) is 14.1 Å². The van der Waals surface area contributed by atoms with Crippen molar-refractivity contribution in [1.82, 2.24) is 19.8 Å². The molecule has 1 aliphatic rings. The van der Waals surface area contributed by atoms with Gasteiger partial charge in [0.2, 0.25) is 0 Å². The Morgan fingerprint density at radius 2 is 2.00 bits per heavy atom. The molecule has 86 valence electrons. The van der Waals surface area contributed by atoms with Gasteiger partial charge in [-0.25, -0.2) is 9.97 Å². The van der Waals surface area contributed by atoms with Gasteiger partial charge in [0.05, 0.1) is 11.6 Å². The lowest BCUT2D eigenvalue weighted by molar-refractivity contribution is 0.109. The van der Waals surface area contributed by atoms with E-state index in [0.717, 1.165) is 31.7 Å². The van der Waals surface area contributed by atoms with E-state index in [2.05, 4.69) is 33.9 Å². The molecule has 16 heavy (non-hydrogen) atoms. The molecular formula is C11H16N4O. The Morgan fingerprint density at radius 3 is 2.62 bits per heavy atom. The summed E-state index contributed by atoms with van der Waals surface area (Å²) in [6, 6.07) is 0.222. The summed E-state index contributed by atoms with van der Waals surface area (Å²) in [6.07, 6.45) is 3.93. The van der Waals surface area contributed by atoms with Crippen molar-refractivity contribution in [3.05, 3.63) is 23.8 Å². The average Bonchev–Trinajstić information content (AvgIpc) is 2.32. The molecule has 0 aliphatic carbocycles. The second-order valence-electron chi connectivity index (χ2n) is 4.25. The molecule has 1 aromatic heterocycles. The number of carbonyl (C=O) groups excluding carboxylic acids is 1. The van der Waals surface area contributed by atoms with Crippen LogP contribution >= 0.6 is 0 Å². The van der Waals surface area contributed by atoms with Gasteiger partial charge in [-0.2, -0.15) is 0 Å². The Labute approximate surface area is 95.1 Å². The maximum absolute atomic E-state index is 10.5. The Hall–Kier alpha value is -1.33. The summed E-state index contributed by atoms with van der Waals surface area (Å²) < 4.78 is 0. The molecule has 0 aromatic carbocycles. The van der Waals surface area contributed by atoms with Crippen LogP contribution in [0.1, 0.15) is 22.2 Å². The van der Waals surface area contributed by atoms with Crippen LogP contribution in [0.4, 0.5) is 0 Å². The molecule has 1 atom stereocenters. The van der Waals surface area contributed by atoms with Gasteiger partial charge in [-0.3, -0.25) is 9.69 Å². The van der Waals surface area contributed by atoms with Gasteiger partial charge in [0.25, 0.3) is 0 Å². The van der Waals surface area contributed by atoms with E-state index in [1.54, 1.807) is 12.4 Å². The van der Waals surface area contributed by atoms with E-state index in [4.69, 9.17) is 0 Å². The zero-order valence-corrected chi connectivity index (χ0v) is 9.63. The highest BCUT2D eigenvalue weighted by molar-refractivity contribution is 5.73. The molecule has 0 amide bonds. The third-order valence-corrected chi connectivity index (χ3v) is 2.98. The fraction of sp³-hybridized carbons (Fsp3) is 0.545. The number of rotatable bonds is 2. The molecule has 5 heteroatoms. The summed E-state index contributed by atoms with van der Waals surface area (Å²) in [5.41, 5.74) is 0.524. The first-order valence-electron chi connectivity index (χ1n) is 5.36. The normalized spacial score (nSPS) is 23.2. The zero-order chi connectivity index (χ0) is 11.5. The van der Waals surface area contributed by atoms with Gasteiger partial charge >= 0.3 is 0 Å². The van der Waals surface area contributed by atoms with Gasteiger partial charge in [0.15, 0.2) is 6.29 Å². The third kappa shape index (κ3) is 2.25. The minimum atomic E-state index is 0.222. The Balaban J connectivity index is 2.17. The van der Waals surface area contributed by atoms with Crippen molar-refractivity contribution in [2.24, 2.45) is 0 Å². The van der Waals surface area contributed by atoms with Gasteiger partial charge in [-0.15, -0.1) is 0 Å². The van der Waals surface area contributed by atoms with E-state index in [9.17, 15) is 4.79 Å². The first-order valence-corrected chi connectivity index (χ1v) is 5.36. The van der Waals surface area contributed by atoms with Crippen molar-refractivity contribution in [3.8, 4) is 0 Å². The van der Waals surface area contributed by atoms with Crippen LogP contribution in [0.25, 0.3) is 0 Å². The van der Waals surface area contributed by atoms with Crippen molar-refractivity contribution in [3.63, 3.8) is 0 Å². The van der Waals surface area contributed by atoms with Crippen LogP contribution in [-0.4, -0.2) is 59.8 Å². The molecule has 1 saturated heterocycles. The minimum absolute atomic E-state index is 0.222. The second-order valence-corrected chi connectivity index (χ2v) is 4.25. The molecule has 0 bridgehead atoms. The number of nitrogens with zero attached hydrogens (tertiary/aromatic N) is 4. The van der Waals surface area contributed by atoms with E-state index in [1.165, 1.54) is 0 Å². The van der Waals surface area contributed by atoms with Gasteiger partial charge in [-0.1, -0.05) is 0 Å². The molecule has 0 N–H and O–H groups in total. The highest BCUT2D eigenvalue weighted by atomic mass is 16.1. The molecular weight excluding hydrogens is 204 g/mol. The van der Waals surface area contributed by atoms with Crippen LogP contribution in [0.15, 0.2) is 12.4 Å². The zero-order valence-electron chi connectivity index (χ0n) is 9.63. The summed E-state index contributed by atoms with van der Waals surface area (Å²) >= 11 is 0. The van der Waals surface area contributed by atoms with Gasteiger partial charge < -0.3 is 4.90 Å². The molecule has 1 aliphatic heterocycles. The number of hydrogen-bond donors (Lipinski definition) is 0.